The second-order valence-corrected chi connectivity index (χ2v) is 5.56. The van der Waals surface area contributed by atoms with Crippen molar-refractivity contribution >= 4 is 10.9 Å². The van der Waals surface area contributed by atoms with Crippen molar-refractivity contribution in [2.24, 2.45) is 0 Å². The summed E-state index contributed by atoms with van der Waals surface area (Å²) in [4.78, 5) is 4.53. The maximum absolute atomic E-state index is 14.2. The molecule has 0 saturated heterocycles. The molecule has 1 heterocycles. The van der Waals surface area contributed by atoms with E-state index >= 15 is 0 Å². The molecule has 0 aliphatic carbocycles. The van der Waals surface area contributed by atoms with E-state index in [1.807, 2.05) is 60.7 Å². The van der Waals surface area contributed by atoms with E-state index in [9.17, 15) is 8.78 Å². The Morgan fingerprint density at radius 1 is 0.667 bits per heavy atom. The first-order valence-corrected chi connectivity index (χ1v) is 7.63. The third-order valence-corrected chi connectivity index (χ3v) is 4.01. The summed E-state index contributed by atoms with van der Waals surface area (Å²) < 4.78 is 27.8. The van der Waals surface area contributed by atoms with Crippen molar-refractivity contribution in [3.8, 4) is 22.4 Å². The van der Waals surface area contributed by atoms with Crippen LogP contribution in [0.2, 0.25) is 0 Å². The molecule has 116 valence electrons. The van der Waals surface area contributed by atoms with Crippen LogP contribution in [0.1, 0.15) is 0 Å². The molecule has 1 nitrogen and oxygen atoms in total. The van der Waals surface area contributed by atoms with E-state index < -0.39 is 11.6 Å². The number of rotatable bonds is 2. The molecule has 0 N–H and O–H groups in total. The van der Waals surface area contributed by atoms with Crippen LogP contribution in [-0.4, -0.2) is 4.98 Å². The maximum Gasteiger partial charge on any atom is 0.132 e. The summed E-state index contributed by atoms with van der Waals surface area (Å²) in [6, 6.07) is 22.8. The molecule has 0 amide bonds. The van der Waals surface area contributed by atoms with Crippen molar-refractivity contribution in [2.75, 3.05) is 0 Å². The maximum atomic E-state index is 14.2. The van der Waals surface area contributed by atoms with E-state index in [1.165, 1.54) is 6.07 Å². The fraction of sp³-hybridized carbons (Fsp3) is 0. The van der Waals surface area contributed by atoms with Crippen molar-refractivity contribution in [1.82, 2.24) is 4.98 Å². The molecular weight excluding hydrogens is 304 g/mol. The second kappa shape index (κ2) is 5.85. The van der Waals surface area contributed by atoms with Crippen LogP contribution in [0.4, 0.5) is 8.78 Å². The van der Waals surface area contributed by atoms with E-state index in [-0.39, 0.29) is 5.56 Å². The van der Waals surface area contributed by atoms with Crippen molar-refractivity contribution in [3.63, 3.8) is 0 Å². The van der Waals surface area contributed by atoms with Crippen molar-refractivity contribution < 1.29 is 8.78 Å². The van der Waals surface area contributed by atoms with E-state index in [0.29, 0.717) is 5.69 Å². The molecule has 0 aliphatic heterocycles. The SMILES string of the molecule is Fc1ccc(F)c(-c2cc(-c3ccccc3)c3ccccc3n2)c1. The number of nitrogens with zero attached hydrogens (tertiary/aromatic N) is 1. The molecule has 0 fully saturated rings. The molecule has 4 aromatic rings. The number of hydrogen-bond donors (Lipinski definition) is 0. The number of fused-ring (bicyclic) bond motifs is 1. The molecule has 0 radical (unpaired) electrons. The van der Waals surface area contributed by atoms with Crippen LogP contribution in [0, 0.1) is 11.6 Å². The van der Waals surface area contributed by atoms with Gasteiger partial charge in [-0.05, 0) is 41.5 Å². The number of halogens is 2. The van der Waals surface area contributed by atoms with Gasteiger partial charge in [0.2, 0.25) is 0 Å². The number of hydrogen-bond acceptors (Lipinski definition) is 1. The highest BCUT2D eigenvalue weighted by atomic mass is 19.1. The normalized spacial score (nSPS) is 10.9. The third kappa shape index (κ3) is 2.54. The molecule has 3 heteroatoms. The predicted molar refractivity (Wildman–Crippen MR) is 92.5 cm³/mol. The zero-order chi connectivity index (χ0) is 16.5. The minimum Gasteiger partial charge on any atom is -0.248 e. The Morgan fingerprint density at radius 2 is 1.42 bits per heavy atom. The van der Waals surface area contributed by atoms with Gasteiger partial charge in [-0.25, -0.2) is 13.8 Å². The summed E-state index contributed by atoms with van der Waals surface area (Å²) in [6.45, 7) is 0. The molecular formula is C21H13F2N. The van der Waals surface area contributed by atoms with Crippen LogP contribution >= 0.6 is 0 Å². The molecule has 0 saturated carbocycles. The van der Waals surface area contributed by atoms with Crippen LogP contribution in [0.15, 0.2) is 78.9 Å². The lowest BCUT2D eigenvalue weighted by molar-refractivity contribution is 0.602. The van der Waals surface area contributed by atoms with E-state index in [4.69, 9.17) is 0 Å². The Kier molecular flexibility index (Phi) is 3.54. The van der Waals surface area contributed by atoms with E-state index in [1.54, 1.807) is 0 Å². The summed E-state index contributed by atoms with van der Waals surface area (Å²) >= 11 is 0. The van der Waals surface area contributed by atoms with Gasteiger partial charge >= 0.3 is 0 Å². The van der Waals surface area contributed by atoms with Crippen molar-refractivity contribution in [1.29, 1.82) is 0 Å². The third-order valence-electron chi connectivity index (χ3n) is 4.01. The Morgan fingerprint density at radius 3 is 2.25 bits per heavy atom. The zero-order valence-corrected chi connectivity index (χ0v) is 12.7. The number of pyridine rings is 1. The summed E-state index contributed by atoms with van der Waals surface area (Å²) in [5.74, 6) is -0.971. The lowest BCUT2D eigenvalue weighted by Gasteiger charge is -2.11. The summed E-state index contributed by atoms with van der Waals surface area (Å²) in [6.07, 6.45) is 0. The van der Waals surface area contributed by atoms with Crippen molar-refractivity contribution in [2.45, 2.75) is 0 Å². The molecule has 4 rings (SSSR count). The largest absolute Gasteiger partial charge is 0.248 e. The van der Waals surface area contributed by atoms with Crippen LogP contribution in [0.25, 0.3) is 33.3 Å². The quantitative estimate of drug-likeness (QED) is 0.452. The first kappa shape index (κ1) is 14.5. The highest BCUT2D eigenvalue weighted by Gasteiger charge is 2.12. The molecule has 0 aliphatic rings. The molecule has 1 aromatic heterocycles. The average Bonchev–Trinajstić information content (AvgIpc) is 2.63. The van der Waals surface area contributed by atoms with Crippen LogP contribution in [-0.2, 0) is 0 Å². The summed E-state index contributed by atoms with van der Waals surface area (Å²) in [7, 11) is 0. The Hall–Kier alpha value is -3.07. The molecule has 0 spiro atoms. The highest BCUT2D eigenvalue weighted by molar-refractivity contribution is 5.96. The molecule has 0 atom stereocenters. The van der Waals surface area contributed by atoms with Crippen LogP contribution in [0.5, 0.6) is 0 Å². The van der Waals surface area contributed by atoms with E-state index in [2.05, 4.69) is 4.98 Å². The van der Waals surface area contributed by atoms with Gasteiger partial charge in [-0.3, -0.25) is 0 Å². The minimum atomic E-state index is -0.488. The van der Waals surface area contributed by atoms with Gasteiger partial charge in [-0.1, -0.05) is 48.5 Å². The second-order valence-electron chi connectivity index (χ2n) is 5.56. The Balaban J connectivity index is 2.03. The lowest BCUT2D eigenvalue weighted by Crippen LogP contribution is -1.93. The topological polar surface area (TPSA) is 12.9 Å². The van der Waals surface area contributed by atoms with Gasteiger partial charge in [0, 0.05) is 10.9 Å². The average molecular weight is 317 g/mol. The Bertz CT molecular complexity index is 1030. The van der Waals surface area contributed by atoms with Crippen molar-refractivity contribution in [3.05, 3.63) is 90.5 Å². The van der Waals surface area contributed by atoms with Crippen LogP contribution < -0.4 is 0 Å². The van der Waals surface area contributed by atoms with E-state index in [0.717, 1.165) is 34.2 Å². The first-order valence-electron chi connectivity index (χ1n) is 7.63. The monoisotopic (exact) mass is 317 g/mol. The zero-order valence-electron chi connectivity index (χ0n) is 12.7. The fourth-order valence-corrected chi connectivity index (χ4v) is 2.86. The molecule has 0 bridgehead atoms. The van der Waals surface area contributed by atoms with Gasteiger partial charge in [0.15, 0.2) is 0 Å². The summed E-state index contributed by atoms with van der Waals surface area (Å²) in [5, 5.41) is 0.976. The molecule has 24 heavy (non-hydrogen) atoms. The Labute approximate surface area is 138 Å². The fourth-order valence-electron chi connectivity index (χ4n) is 2.86. The van der Waals surface area contributed by atoms with Gasteiger partial charge in [-0.2, -0.15) is 0 Å². The van der Waals surface area contributed by atoms with Gasteiger partial charge in [0.25, 0.3) is 0 Å². The number of aromatic nitrogens is 1. The lowest BCUT2D eigenvalue weighted by atomic mass is 9.98. The van der Waals surface area contributed by atoms with Gasteiger partial charge < -0.3 is 0 Å². The van der Waals surface area contributed by atoms with Gasteiger partial charge in [0.05, 0.1) is 11.2 Å². The number of benzene rings is 3. The highest BCUT2D eigenvalue weighted by Crippen LogP contribution is 2.32. The minimum absolute atomic E-state index is 0.165. The predicted octanol–water partition coefficient (Wildman–Crippen LogP) is 5.85. The first-order chi connectivity index (χ1) is 11.7. The molecule has 3 aromatic carbocycles. The van der Waals surface area contributed by atoms with Gasteiger partial charge in [-0.15, -0.1) is 0 Å². The van der Waals surface area contributed by atoms with Crippen LogP contribution in [0.3, 0.4) is 0 Å². The molecule has 0 unspecified atom stereocenters. The summed E-state index contributed by atoms with van der Waals surface area (Å²) in [5.41, 5.74) is 3.29. The number of para-hydroxylation sites is 1. The standard InChI is InChI=1S/C21H13F2N/c22-15-10-11-19(23)18(12-15)21-13-17(14-6-2-1-3-7-14)16-8-4-5-9-20(16)24-21/h1-13H. The van der Waals surface area contributed by atoms with Gasteiger partial charge in [0.1, 0.15) is 11.6 Å². The smallest absolute Gasteiger partial charge is 0.132 e.